The molecule has 0 unspecified atom stereocenters. The largest absolute Gasteiger partial charge is 0.496 e. The van der Waals surface area contributed by atoms with Crippen molar-refractivity contribution >= 4 is 17.3 Å². The summed E-state index contributed by atoms with van der Waals surface area (Å²) in [5, 5.41) is 11.9. The summed E-state index contributed by atoms with van der Waals surface area (Å²) in [6.45, 7) is 0. The average molecular weight is 442 g/mol. The molecule has 2 rings (SSSR count). The summed E-state index contributed by atoms with van der Waals surface area (Å²) in [4.78, 5) is 21.3. The first-order chi connectivity index (χ1) is 13.0. The fraction of sp³-hybridized carbons (Fsp3) is 0.462. The molecule has 1 aliphatic rings. The maximum Gasteiger partial charge on any atom is 0.428 e. The van der Waals surface area contributed by atoms with Crippen molar-refractivity contribution in [3.05, 3.63) is 28.3 Å². The van der Waals surface area contributed by atoms with Crippen LogP contribution in [-0.4, -0.2) is 47.7 Å². The summed E-state index contributed by atoms with van der Waals surface area (Å²) in [7, 11) is 1.04. The van der Waals surface area contributed by atoms with Crippen LogP contribution in [0.3, 0.4) is 0 Å². The molecular formula is C13H7F9N2O5. The predicted molar refractivity (Wildman–Crippen MR) is 73.0 cm³/mol. The van der Waals surface area contributed by atoms with Crippen LogP contribution in [0.2, 0.25) is 0 Å². The van der Waals surface area contributed by atoms with Gasteiger partial charge in [-0.05, 0) is 12.1 Å². The molecule has 1 aromatic rings. The van der Waals surface area contributed by atoms with Gasteiger partial charge in [-0.2, -0.15) is 39.5 Å². The summed E-state index contributed by atoms with van der Waals surface area (Å²) in [5.41, 5.74) is -2.29. The van der Waals surface area contributed by atoms with Crippen LogP contribution in [0, 0.1) is 10.1 Å². The van der Waals surface area contributed by atoms with E-state index >= 15 is 0 Å². The van der Waals surface area contributed by atoms with Gasteiger partial charge in [-0.25, -0.2) is 0 Å². The molecule has 29 heavy (non-hydrogen) atoms. The Morgan fingerprint density at radius 3 is 2.10 bits per heavy atom. The van der Waals surface area contributed by atoms with Crippen LogP contribution in [0.1, 0.15) is 0 Å². The van der Waals surface area contributed by atoms with Gasteiger partial charge in [0.15, 0.2) is 0 Å². The number of benzene rings is 1. The highest BCUT2D eigenvalue weighted by Gasteiger charge is 2.96. The van der Waals surface area contributed by atoms with Crippen molar-refractivity contribution in [2.24, 2.45) is 0 Å². The standard InChI is InChI=1S/C13H7F9N2O5/c1-28-5-2-3-6(7(4-5)24(26)27)23-8(25)9(14,15)12(20)10(16,17)11(18,19)13(21,22)29-12/h2-4H,1H3,(H,23,25)/t12-/m0/s1. The number of nitrogens with one attached hydrogen (secondary N) is 1. The van der Waals surface area contributed by atoms with Crippen molar-refractivity contribution in [3.63, 3.8) is 0 Å². The molecule has 0 aromatic heterocycles. The van der Waals surface area contributed by atoms with Gasteiger partial charge >= 0.3 is 35.6 Å². The molecule has 1 aromatic carbocycles. The Hall–Kier alpha value is -2.78. The van der Waals surface area contributed by atoms with E-state index in [9.17, 15) is 54.4 Å². The number of rotatable bonds is 5. The van der Waals surface area contributed by atoms with Gasteiger partial charge in [0.05, 0.1) is 18.1 Å². The zero-order valence-electron chi connectivity index (χ0n) is 13.6. The first-order valence-electron chi connectivity index (χ1n) is 7.00. The van der Waals surface area contributed by atoms with Crippen LogP contribution in [-0.2, 0) is 9.53 Å². The average Bonchev–Trinajstić information content (AvgIpc) is 2.69. The number of ether oxygens (including phenoxy) is 2. The van der Waals surface area contributed by atoms with Crippen LogP contribution in [0.15, 0.2) is 18.2 Å². The maximum absolute atomic E-state index is 14.1. The molecule has 0 radical (unpaired) electrons. The normalized spacial score (nSPS) is 24.8. The Kier molecular flexibility index (Phi) is 4.94. The lowest BCUT2D eigenvalue weighted by Gasteiger charge is -2.31. The minimum absolute atomic E-state index is 0.228. The van der Waals surface area contributed by atoms with Crippen molar-refractivity contribution in [2.45, 2.75) is 29.7 Å². The molecule has 0 bridgehead atoms. The minimum atomic E-state index is -6.86. The monoisotopic (exact) mass is 442 g/mol. The number of amides is 1. The zero-order chi connectivity index (χ0) is 22.6. The third-order valence-corrected chi connectivity index (χ3v) is 3.77. The zero-order valence-corrected chi connectivity index (χ0v) is 13.6. The quantitative estimate of drug-likeness (QED) is 0.427. The molecule has 1 amide bonds. The summed E-state index contributed by atoms with van der Waals surface area (Å²) < 4.78 is 128. The number of anilines is 1. The van der Waals surface area contributed by atoms with Gasteiger partial charge in [-0.15, -0.1) is 0 Å². The van der Waals surface area contributed by atoms with E-state index in [1.54, 1.807) is 0 Å². The van der Waals surface area contributed by atoms with Crippen molar-refractivity contribution in [2.75, 3.05) is 12.4 Å². The Morgan fingerprint density at radius 1 is 1.14 bits per heavy atom. The first-order valence-corrected chi connectivity index (χ1v) is 7.00. The molecule has 0 saturated carbocycles. The van der Waals surface area contributed by atoms with Gasteiger partial charge in [0.25, 0.3) is 5.69 Å². The molecule has 1 fully saturated rings. The number of hydrogen-bond acceptors (Lipinski definition) is 5. The number of alkyl halides is 9. The molecule has 0 spiro atoms. The van der Waals surface area contributed by atoms with Gasteiger partial charge in [0.2, 0.25) is 0 Å². The topological polar surface area (TPSA) is 90.7 Å². The van der Waals surface area contributed by atoms with Crippen LogP contribution >= 0.6 is 0 Å². The number of nitro benzene ring substituents is 1. The van der Waals surface area contributed by atoms with E-state index in [4.69, 9.17) is 0 Å². The maximum atomic E-state index is 14.1. The number of carbonyl (C=O) groups is 1. The second kappa shape index (κ2) is 6.36. The lowest BCUT2D eigenvalue weighted by molar-refractivity contribution is -0.384. The summed E-state index contributed by atoms with van der Waals surface area (Å²) >= 11 is 0. The van der Waals surface area contributed by atoms with Crippen LogP contribution in [0.25, 0.3) is 0 Å². The number of hydrogen-bond donors (Lipinski definition) is 1. The van der Waals surface area contributed by atoms with E-state index in [-0.39, 0.29) is 5.75 Å². The minimum Gasteiger partial charge on any atom is -0.496 e. The molecular weight excluding hydrogens is 435 g/mol. The van der Waals surface area contributed by atoms with Crippen LogP contribution in [0.4, 0.5) is 50.9 Å². The van der Waals surface area contributed by atoms with Crippen LogP contribution in [0.5, 0.6) is 5.75 Å². The first kappa shape index (κ1) is 22.5. The van der Waals surface area contributed by atoms with Crippen molar-refractivity contribution in [1.82, 2.24) is 0 Å². The number of carbonyl (C=O) groups excluding carboxylic acids is 1. The highest BCUT2D eigenvalue weighted by Crippen LogP contribution is 2.64. The van der Waals surface area contributed by atoms with E-state index in [0.717, 1.165) is 18.5 Å². The number of halogens is 9. The fourth-order valence-corrected chi connectivity index (χ4v) is 2.19. The third-order valence-electron chi connectivity index (χ3n) is 3.77. The Morgan fingerprint density at radius 2 is 1.69 bits per heavy atom. The molecule has 7 nitrogen and oxygen atoms in total. The molecule has 0 aliphatic carbocycles. The molecule has 1 heterocycles. The molecule has 16 heteroatoms. The van der Waals surface area contributed by atoms with E-state index < -0.39 is 51.9 Å². The number of methoxy groups -OCH3 is 1. The summed E-state index contributed by atoms with van der Waals surface area (Å²) in [6.07, 6.45) is -6.40. The molecule has 1 atom stereocenters. The lowest BCUT2D eigenvalue weighted by Crippen LogP contribution is -2.63. The summed E-state index contributed by atoms with van der Waals surface area (Å²) in [6, 6.07) is 1.98. The number of nitro groups is 1. The Bertz CT molecular complexity index is 863. The van der Waals surface area contributed by atoms with Crippen molar-refractivity contribution in [3.8, 4) is 5.75 Å². The van der Waals surface area contributed by atoms with Gasteiger partial charge < -0.3 is 10.1 Å². The van der Waals surface area contributed by atoms with E-state index in [1.807, 2.05) is 0 Å². The van der Waals surface area contributed by atoms with Gasteiger partial charge in [-0.3, -0.25) is 19.6 Å². The van der Waals surface area contributed by atoms with Gasteiger partial charge in [-0.1, -0.05) is 0 Å². The fourth-order valence-electron chi connectivity index (χ4n) is 2.19. The molecule has 1 N–H and O–H groups in total. The van der Waals surface area contributed by atoms with Gasteiger partial charge in [0.1, 0.15) is 11.4 Å². The second-order valence-corrected chi connectivity index (χ2v) is 5.53. The molecule has 1 saturated heterocycles. The van der Waals surface area contributed by atoms with Crippen LogP contribution < -0.4 is 10.1 Å². The number of nitrogens with zero attached hydrogens (tertiary/aromatic N) is 1. The van der Waals surface area contributed by atoms with Crippen molar-refractivity contribution in [1.29, 1.82) is 0 Å². The Labute approximate surface area is 153 Å². The van der Waals surface area contributed by atoms with E-state index in [1.165, 1.54) is 0 Å². The van der Waals surface area contributed by atoms with Gasteiger partial charge in [0, 0.05) is 0 Å². The smallest absolute Gasteiger partial charge is 0.428 e. The summed E-state index contributed by atoms with van der Waals surface area (Å²) in [5.74, 6) is -29.9. The van der Waals surface area contributed by atoms with E-state index in [2.05, 4.69) is 9.47 Å². The predicted octanol–water partition coefficient (Wildman–Crippen LogP) is 3.74. The van der Waals surface area contributed by atoms with Crippen molar-refractivity contribution < 1.29 is 58.7 Å². The van der Waals surface area contributed by atoms with E-state index in [0.29, 0.717) is 12.1 Å². The highest BCUT2D eigenvalue weighted by atomic mass is 19.4. The lowest BCUT2D eigenvalue weighted by atomic mass is 9.99. The third kappa shape index (κ3) is 2.92. The molecule has 162 valence electrons. The SMILES string of the molecule is COc1ccc(NC(=O)C(F)(F)[C@]2(F)OC(F)(F)C(F)(F)C2(F)F)c([N+](=O)[O-])c1. The molecule has 1 aliphatic heterocycles. The highest BCUT2D eigenvalue weighted by molar-refractivity contribution is 5.99. The Balaban J connectivity index is 2.47. The second-order valence-electron chi connectivity index (χ2n) is 5.53.